The van der Waals surface area contributed by atoms with E-state index in [2.05, 4.69) is 41.2 Å². The number of carbonyl (C=O) groups excluding carboxylic acids is 1. The molecule has 3 N–H and O–H groups in total. The molecular formula is C25H36FN7O. The summed E-state index contributed by atoms with van der Waals surface area (Å²) >= 11 is 0. The van der Waals surface area contributed by atoms with Gasteiger partial charge in [-0.1, -0.05) is 27.2 Å². The van der Waals surface area contributed by atoms with E-state index in [4.69, 9.17) is 10.7 Å². The maximum atomic E-state index is 13.7. The SMILES string of the molecule is CCC(C)C(C)C(N=C(N)c1ccc(F)c(C)c1)NCC(=O)N1CCN(c2cccnn2)CC1. The summed E-state index contributed by atoms with van der Waals surface area (Å²) in [5, 5.41) is 11.4. The van der Waals surface area contributed by atoms with Gasteiger partial charge in [0.25, 0.3) is 0 Å². The zero-order chi connectivity index (χ0) is 24.7. The van der Waals surface area contributed by atoms with Gasteiger partial charge in [0, 0.05) is 37.9 Å². The molecule has 1 aliphatic rings. The number of amides is 1. The Morgan fingerprint density at radius 3 is 2.59 bits per heavy atom. The molecule has 2 heterocycles. The van der Waals surface area contributed by atoms with E-state index in [1.165, 1.54) is 6.07 Å². The van der Waals surface area contributed by atoms with Gasteiger partial charge in [0.15, 0.2) is 5.82 Å². The molecule has 1 aromatic carbocycles. The molecule has 0 spiro atoms. The highest BCUT2D eigenvalue weighted by molar-refractivity contribution is 5.97. The van der Waals surface area contributed by atoms with E-state index in [1.807, 2.05) is 17.0 Å². The highest BCUT2D eigenvalue weighted by Gasteiger charge is 2.25. The number of nitrogens with one attached hydrogen (secondary N) is 1. The van der Waals surface area contributed by atoms with Gasteiger partial charge in [-0.05, 0) is 54.7 Å². The summed E-state index contributed by atoms with van der Waals surface area (Å²) in [6.07, 6.45) is 2.31. The zero-order valence-corrected chi connectivity index (χ0v) is 20.5. The first-order valence-corrected chi connectivity index (χ1v) is 11.9. The van der Waals surface area contributed by atoms with Crippen molar-refractivity contribution in [2.75, 3.05) is 37.6 Å². The first-order valence-electron chi connectivity index (χ1n) is 11.9. The number of benzene rings is 1. The van der Waals surface area contributed by atoms with Crippen molar-refractivity contribution in [2.45, 2.75) is 40.3 Å². The van der Waals surface area contributed by atoms with Crippen LogP contribution in [0.4, 0.5) is 10.2 Å². The molecule has 1 aromatic heterocycles. The van der Waals surface area contributed by atoms with Crippen LogP contribution in [0.15, 0.2) is 41.5 Å². The number of rotatable bonds is 9. The van der Waals surface area contributed by atoms with Crippen LogP contribution in [0, 0.1) is 24.6 Å². The minimum atomic E-state index is -0.329. The molecule has 1 fully saturated rings. The topological polar surface area (TPSA) is 99.7 Å². The predicted molar refractivity (Wildman–Crippen MR) is 133 cm³/mol. The second kappa shape index (κ2) is 11.9. The summed E-state index contributed by atoms with van der Waals surface area (Å²) in [7, 11) is 0. The maximum absolute atomic E-state index is 13.7. The first-order chi connectivity index (χ1) is 16.3. The molecule has 184 valence electrons. The van der Waals surface area contributed by atoms with E-state index in [-0.39, 0.29) is 30.4 Å². The number of aliphatic imine (C=N–C) groups is 1. The number of anilines is 1. The number of nitrogens with two attached hydrogens (primary N) is 1. The fourth-order valence-electron chi connectivity index (χ4n) is 4.01. The lowest BCUT2D eigenvalue weighted by atomic mass is 9.91. The molecule has 3 unspecified atom stereocenters. The molecule has 0 bridgehead atoms. The molecule has 9 heteroatoms. The average molecular weight is 470 g/mol. The van der Waals surface area contributed by atoms with Gasteiger partial charge in [-0.25, -0.2) is 9.38 Å². The number of hydrogen-bond acceptors (Lipinski definition) is 6. The van der Waals surface area contributed by atoms with Crippen molar-refractivity contribution in [1.82, 2.24) is 20.4 Å². The molecule has 3 rings (SSSR count). The first kappa shape index (κ1) is 25.6. The van der Waals surface area contributed by atoms with Crippen molar-refractivity contribution in [3.8, 4) is 0 Å². The van der Waals surface area contributed by atoms with Crippen LogP contribution in [0.25, 0.3) is 0 Å². The molecule has 1 saturated heterocycles. The molecular weight excluding hydrogens is 433 g/mol. The summed E-state index contributed by atoms with van der Waals surface area (Å²) in [4.78, 5) is 21.7. The molecule has 0 radical (unpaired) electrons. The number of piperazine rings is 1. The van der Waals surface area contributed by atoms with Gasteiger partial charge < -0.3 is 15.5 Å². The van der Waals surface area contributed by atoms with Crippen LogP contribution in [0.3, 0.4) is 0 Å². The lowest BCUT2D eigenvalue weighted by Gasteiger charge is -2.35. The molecule has 1 aliphatic heterocycles. The Morgan fingerprint density at radius 1 is 1.24 bits per heavy atom. The highest BCUT2D eigenvalue weighted by Crippen LogP contribution is 2.20. The molecule has 0 saturated carbocycles. The summed E-state index contributed by atoms with van der Waals surface area (Å²) < 4.78 is 13.7. The second-order valence-electron chi connectivity index (χ2n) is 9.00. The number of amidine groups is 1. The predicted octanol–water partition coefficient (Wildman–Crippen LogP) is 2.58. The van der Waals surface area contributed by atoms with Gasteiger partial charge in [0.2, 0.25) is 5.91 Å². The molecule has 0 aliphatic carbocycles. The van der Waals surface area contributed by atoms with Crippen molar-refractivity contribution in [3.05, 3.63) is 53.5 Å². The Labute approximate surface area is 201 Å². The quantitative estimate of drug-likeness (QED) is 0.433. The van der Waals surface area contributed by atoms with Crippen LogP contribution in [0.2, 0.25) is 0 Å². The number of nitrogens with zero attached hydrogens (tertiary/aromatic N) is 5. The number of carbonyl (C=O) groups is 1. The van der Waals surface area contributed by atoms with Crippen LogP contribution in [0.5, 0.6) is 0 Å². The normalized spacial score (nSPS) is 17.4. The van der Waals surface area contributed by atoms with Crippen LogP contribution in [-0.2, 0) is 4.79 Å². The third-order valence-electron chi connectivity index (χ3n) is 6.75. The van der Waals surface area contributed by atoms with Crippen LogP contribution in [-0.4, -0.2) is 65.7 Å². The Morgan fingerprint density at radius 2 is 1.97 bits per heavy atom. The van der Waals surface area contributed by atoms with E-state index in [0.29, 0.717) is 49.1 Å². The Hall–Kier alpha value is -3.07. The zero-order valence-electron chi connectivity index (χ0n) is 20.5. The van der Waals surface area contributed by atoms with E-state index in [0.717, 1.165) is 12.2 Å². The van der Waals surface area contributed by atoms with Gasteiger partial charge >= 0.3 is 0 Å². The number of hydrogen-bond donors (Lipinski definition) is 2. The van der Waals surface area contributed by atoms with Crippen molar-refractivity contribution < 1.29 is 9.18 Å². The molecule has 2 aromatic rings. The van der Waals surface area contributed by atoms with Gasteiger partial charge in [0.1, 0.15) is 17.8 Å². The number of aromatic nitrogens is 2. The Kier molecular flexibility index (Phi) is 8.92. The standard InChI is InChI=1S/C25H36FN7O/c1-5-17(2)19(4)25(30-24(27)20-8-9-21(26)18(3)15-20)28-16-23(34)33-13-11-32(12-14-33)22-7-6-10-29-31-22/h6-10,15,17,19,25,28H,5,11-14,16H2,1-4H3,(H2,27,30). The van der Waals surface area contributed by atoms with Crippen LogP contribution >= 0.6 is 0 Å². The Bertz CT molecular complexity index is 976. The van der Waals surface area contributed by atoms with Gasteiger partial charge in [-0.2, -0.15) is 5.10 Å². The minimum absolute atomic E-state index is 0.0338. The summed E-state index contributed by atoms with van der Waals surface area (Å²) in [5.41, 5.74) is 7.48. The third kappa shape index (κ3) is 6.50. The van der Waals surface area contributed by atoms with Crippen LogP contribution < -0.4 is 16.0 Å². The molecule has 3 atom stereocenters. The van der Waals surface area contributed by atoms with E-state index >= 15 is 0 Å². The summed E-state index contributed by atoms with van der Waals surface area (Å²) in [6.45, 7) is 11.0. The van der Waals surface area contributed by atoms with E-state index in [9.17, 15) is 9.18 Å². The van der Waals surface area contributed by atoms with Gasteiger partial charge in [0.05, 0.1) is 6.54 Å². The van der Waals surface area contributed by atoms with Crippen LogP contribution in [0.1, 0.15) is 38.3 Å². The monoisotopic (exact) mass is 469 g/mol. The largest absolute Gasteiger partial charge is 0.383 e. The Balaban J connectivity index is 1.63. The number of aryl methyl sites for hydroxylation is 1. The molecule has 8 nitrogen and oxygen atoms in total. The van der Waals surface area contributed by atoms with Crippen molar-refractivity contribution in [1.29, 1.82) is 0 Å². The lowest BCUT2D eigenvalue weighted by molar-refractivity contribution is -0.130. The fourth-order valence-corrected chi connectivity index (χ4v) is 4.01. The minimum Gasteiger partial charge on any atom is -0.383 e. The smallest absolute Gasteiger partial charge is 0.236 e. The third-order valence-corrected chi connectivity index (χ3v) is 6.75. The van der Waals surface area contributed by atoms with Gasteiger partial charge in [-0.15, -0.1) is 5.10 Å². The van der Waals surface area contributed by atoms with Crippen molar-refractivity contribution >= 4 is 17.6 Å². The van der Waals surface area contributed by atoms with Gasteiger partial charge in [-0.3, -0.25) is 10.1 Å². The van der Waals surface area contributed by atoms with E-state index < -0.39 is 0 Å². The molecule has 1 amide bonds. The average Bonchev–Trinajstić information content (AvgIpc) is 2.87. The van der Waals surface area contributed by atoms with E-state index in [1.54, 1.807) is 25.3 Å². The molecule has 34 heavy (non-hydrogen) atoms. The fraction of sp³-hybridized carbons (Fsp3) is 0.520. The summed E-state index contributed by atoms with van der Waals surface area (Å²) in [6, 6.07) is 8.52. The highest BCUT2D eigenvalue weighted by atomic mass is 19.1. The number of halogens is 1. The van der Waals surface area contributed by atoms with Crippen molar-refractivity contribution in [2.24, 2.45) is 22.6 Å². The maximum Gasteiger partial charge on any atom is 0.236 e. The lowest BCUT2D eigenvalue weighted by Crippen LogP contribution is -2.52. The second-order valence-corrected chi connectivity index (χ2v) is 9.00. The van der Waals surface area contributed by atoms with Crippen molar-refractivity contribution in [3.63, 3.8) is 0 Å². The summed E-state index contributed by atoms with van der Waals surface area (Å²) in [5.74, 6) is 1.47.